The number of carbonyl (C=O) groups is 3. The molecule has 1 aromatic carbocycles. The van der Waals surface area contributed by atoms with Gasteiger partial charge in [-0.05, 0) is 57.1 Å². The number of thiazole rings is 1. The number of fused-ring (bicyclic) bond motifs is 1. The molecular formula is C33H43N5O7S. The molecule has 3 aromatic rings. The van der Waals surface area contributed by atoms with E-state index in [1.165, 1.54) is 16.2 Å². The van der Waals surface area contributed by atoms with Gasteiger partial charge in [0.05, 0.1) is 24.9 Å². The number of ether oxygens (including phenoxy) is 3. The Morgan fingerprint density at radius 1 is 1.07 bits per heavy atom. The maximum atomic E-state index is 14.0. The molecule has 46 heavy (non-hydrogen) atoms. The summed E-state index contributed by atoms with van der Waals surface area (Å²) in [7, 11) is 1.58. The van der Waals surface area contributed by atoms with Gasteiger partial charge in [-0.3, -0.25) is 4.79 Å². The molecule has 13 heteroatoms. The molecule has 3 heterocycles. The minimum absolute atomic E-state index is 0.0240. The van der Waals surface area contributed by atoms with Gasteiger partial charge in [0.2, 0.25) is 5.91 Å². The van der Waals surface area contributed by atoms with Gasteiger partial charge >= 0.3 is 12.1 Å². The van der Waals surface area contributed by atoms with Gasteiger partial charge in [0.1, 0.15) is 41.5 Å². The largest absolute Gasteiger partial charge is 0.497 e. The summed E-state index contributed by atoms with van der Waals surface area (Å²) >= 11 is 1.47. The number of carboxylic acid groups (broad SMARTS) is 1. The summed E-state index contributed by atoms with van der Waals surface area (Å²) in [6.45, 7) is 9.57. The molecule has 0 spiro atoms. The topological polar surface area (TPSA) is 152 Å². The van der Waals surface area contributed by atoms with Crippen molar-refractivity contribution in [2.24, 2.45) is 5.41 Å². The van der Waals surface area contributed by atoms with E-state index in [1.54, 1.807) is 25.3 Å². The summed E-state index contributed by atoms with van der Waals surface area (Å²) in [6, 6.07) is 5.33. The predicted molar refractivity (Wildman–Crippen MR) is 175 cm³/mol. The first kappa shape index (κ1) is 33.2. The van der Waals surface area contributed by atoms with E-state index in [0.29, 0.717) is 33.8 Å². The molecule has 2 amide bonds. The number of anilines is 1. The number of rotatable bonds is 10. The quantitative estimate of drug-likeness (QED) is 0.248. The van der Waals surface area contributed by atoms with Gasteiger partial charge in [-0.1, -0.05) is 20.8 Å². The molecule has 0 bridgehead atoms. The third-order valence-corrected chi connectivity index (χ3v) is 9.01. The Morgan fingerprint density at radius 2 is 1.80 bits per heavy atom. The minimum atomic E-state index is -1.14. The van der Waals surface area contributed by atoms with Gasteiger partial charge in [0.25, 0.3) is 0 Å². The Hall–Kier alpha value is -4.13. The summed E-state index contributed by atoms with van der Waals surface area (Å²) in [5.74, 6) is -0.521. The number of nitrogens with zero attached hydrogens (tertiary/aromatic N) is 3. The first-order chi connectivity index (χ1) is 21.8. The minimum Gasteiger partial charge on any atom is -0.497 e. The lowest BCUT2D eigenvalue weighted by Gasteiger charge is -2.34. The summed E-state index contributed by atoms with van der Waals surface area (Å²) in [6.07, 6.45) is 2.18. The molecule has 0 unspecified atom stereocenters. The van der Waals surface area contributed by atoms with E-state index in [9.17, 15) is 19.5 Å². The van der Waals surface area contributed by atoms with Crippen molar-refractivity contribution in [2.75, 3.05) is 19.0 Å². The predicted octanol–water partition coefficient (Wildman–Crippen LogP) is 5.70. The number of benzene rings is 1. The number of carbonyl (C=O) groups excluding carboxylic acids is 2. The van der Waals surface area contributed by atoms with Crippen LogP contribution in [0.3, 0.4) is 0 Å². The second-order valence-corrected chi connectivity index (χ2v) is 14.2. The molecule has 2 aliphatic rings. The van der Waals surface area contributed by atoms with E-state index in [0.717, 1.165) is 30.8 Å². The number of aromatic nitrogens is 2. The van der Waals surface area contributed by atoms with Crippen molar-refractivity contribution < 1.29 is 33.7 Å². The molecule has 0 radical (unpaired) electrons. The molecule has 248 valence electrons. The van der Waals surface area contributed by atoms with Crippen molar-refractivity contribution in [3.8, 4) is 22.9 Å². The summed E-state index contributed by atoms with van der Waals surface area (Å²) < 4.78 is 17.5. The van der Waals surface area contributed by atoms with Gasteiger partial charge in [-0.25, -0.2) is 19.6 Å². The van der Waals surface area contributed by atoms with Gasteiger partial charge in [-0.2, -0.15) is 0 Å². The van der Waals surface area contributed by atoms with E-state index < -0.39 is 41.6 Å². The van der Waals surface area contributed by atoms with Crippen LogP contribution in [0.25, 0.3) is 22.3 Å². The lowest BCUT2D eigenvalue weighted by atomic mass is 9.85. The number of carboxylic acids is 1. The summed E-state index contributed by atoms with van der Waals surface area (Å²) in [5.41, 5.74) is 1.16. The van der Waals surface area contributed by atoms with Gasteiger partial charge < -0.3 is 34.9 Å². The Morgan fingerprint density at radius 3 is 2.46 bits per heavy atom. The fourth-order valence-electron chi connectivity index (χ4n) is 5.90. The number of alkyl carbamates (subject to hydrolysis) is 1. The molecule has 1 saturated heterocycles. The second-order valence-electron chi connectivity index (χ2n) is 13.3. The lowest BCUT2D eigenvalue weighted by molar-refractivity contribution is -0.150. The Labute approximate surface area is 272 Å². The fourth-order valence-corrected chi connectivity index (χ4v) is 6.75. The lowest BCUT2D eigenvalue weighted by Crippen LogP contribution is -2.57. The number of likely N-dealkylation sites (tertiary alicyclic amines) is 1. The first-order valence-corrected chi connectivity index (χ1v) is 16.6. The zero-order valence-electron chi connectivity index (χ0n) is 27.2. The molecule has 2 fully saturated rings. The maximum absolute atomic E-state index is 14.0. The molecule has 2 aromatic heterocycles. The molecule has 5 rings (SSSR count). The number of pyridine rings is 1. The number of nitrogens with one attached hydrogen (secondary N) is 2. The second kappa shape index (κ2) is 13.7. The van der Waals surface area contributed by atoms with Crippen LogP contribution in [0.4, 0.5) is 9.93 Å². The maximum Gasteiger partial charge on any atom is 0.408 e. The van der Waals surface area contributed by atoms with Gasteiger partial charge in [0, 0.05) is 35.4 Å². The highest BCUT2D eigenvalue weighted by Gasteiger charge is 2.46. The van der Waals surface area contributed by atoms with Crippen LogP contribution in [-0.4, -0.2) is 81.9 Å². The molecule has 1 aliphatic heterocycles. The zero-order chi connectivity index (χ0) is 33.2. The zero-order valence-corrected chi connectivity index (χ0v) is 28.0. The van der Waals surface area contributed by atoms with Gasteiger partial charge in [0.15, 0.2) is 5.13 Å². The monoisotopic (exact) mass is 653 g/mol. The third-order valence-electron chi connectivity index (χ3n) is 8.23. The first-order valence-electron chi connectivity index (χ1n) is 15.7. The van der Waals surface area contributed by atoms with Crippen molar-refractivity contribution in [3.63, 3.8) is 0 Å². The number of hydrogen-bond donors (Lipinski definition) is 3. The summed E-state index contributed by atoms with van der Waals surface area (Å²) in [5, 5.41) is 19.6. The molecule has 12 nitrogen and oxygen atoms in total. The van der Waals surface area contributed by atoms with E-state index in [1.807, 2.05) is 46.1 Å². The fraction of sp³-hybridized carbons (Fsp3) is 0.545. The van der Waals surface area contributed by atoms with Crippen LogP contribution in [0.2, 0.25) is 0 Å². The number of amides is 2. The van der Waals surface area contributed by atoms with Crippen LogP contribution >= 0.6 is 11.3 Å². The smallest absolute Gasteiger partial charge is 0.408 e. The SMILES string of the molecule is COc1ccc2c(O[C@@H]3C[C@@H](C(=O)O)N(C(=O)[C@@H](NC(=O)OC4CCCC4)C(C)(C)C)C3)cc(-c3csc(NC(C)C)n3)nc2c1. The van der Waals surface area contributed by atoms with Crippen LogP contribution in [0.5, 0.6) is 11.5 Å². The summed E-state index contributed by atoms with van der Waals surface area (Å²) in [4.78, 5) is 50.0. The molecule has 3 N–H and O–H groups in total. The molecule has 3 atom stereocenters. The highest BCUT2D eigenvalue weighted by molar-refractivity contribution is 7.14. The van der Waals surface area contributed by atoms with Crippen LogP contribution < -0.4 is 20.1 Å². The van der Waals surface area contributed by atoms with E-state index >= 15 is 0 Å². The standard InChI is InChI=1S/C33H43N5O7S/c1-18(2)34-31-36-25(17-46-31)24-15-27(22-12-11-20(43-6)13-23(22)35-24)44-21-14-26(30(40)41)38(16-21)29(39)28(33(3,4)5)37-32(42)45-19-9-7-8-10-19/h11-13,15,17-19,21,26,28H,7-10,14,16H2,1-6H3,(H,34,36)(H,37,42)(H,40,41)/t21-,26+,28-/m1/s1. The van der Waals surface area contributed by atoms with Crippen molar-refractivity contribution in [2.45, 2.75) is 97.1 Å². The number of hydrogen-bond acceptors (Lipinski definition) is 10. The van der Waals surface area contributed by atoms with Crippen LogP contribution in [0.1, 0.15) is 66.7 Å². The number of aliphatic carboxylic acids is 1. The van der Waals surface area contributed by atoms with Crippen LogP contribution in [0.15, 0.2) is 29.6 Å². The van der Waals surface area contributed by atoms with Crippen molar-refractivity contribution >= 4 is 45.3 Å². The Bertz CT molecular complexity index is 1580. The van der Waals surface area contributed by atoms with Crippen molar-refractivity contribution in [3.05, 3.63) is 29.6 Å². The molecular weight excluding hydrogens is 610 g/mol. The Kier molecular flexibility index (Phi) is 9.90. The van der Waals surface area contributed by atoms with Crippen LogP contribution in [-0.2, 0) is 14.3 Å². The van der Waals surface area contributed by atoms with Crippen molar-refractivity contribution in [1.29, 1.82) is 0 Å². The van der Waals surface area contributed by atoms with E-state index in [2.05, 4.69) is 10.6 Å². The van der Waals surface area contributed by atoms with Crippen LogP contribution in [0, 0.1) is 5.41 Å². The average molecular weight is 654 g/mol. The highest BCUT2D eigenvalue weighted by Crippen LogP contribution is 2.36. The average Bonchev–Trinajstić information content (AvgIpc) is 3.76. The normalized spacial score (nSPS) is 19.3. The number of methoxy groups -OCH3 is 1. The molecule has 1 aliphatic carbocycles. The third kappa shape index (κ3) is 7.63. The van der Waals surface area contributed by atoms with E-state index in [4.69, 9.17) is 24.2 Å². The molecule has 1 saturated carbocycles. The van der Waals surface area contributed by atoms with E-state index in [-0.39, 0.29) is 25.1 Å². The Balaban J connectivity index is 1.41. The van der Waals surface area contributed by atoms with Crippen molar-refractivity contribution in [1.82, 2.24) is 20.2 Å². The van der Waals surface area contributed by atoms with Gasteiger partial charge in [-0.15, -0.1) is 11.3 Å². The highest BCUT2D eigenvalue weighted by atomic mass is 32.1.